The van der Waals surface area contributed by atoms with Crippen LogP contribution >= 0.6 is 15.9 Å². The van der Waals surface area contributed by atoms with Crippen molar-refractivity contribution in [3.05, 3.63) is 11.9 Å². The predicted octanol–water partition coefficient (Wildman–Crippen LogP) is 2.41. The minimum absolute atomic E-state index is 0.260. The van der Waals surface area contributed by atoms with E-state index < -0.39 is 0 Å². The van der Waals surface area contributed by atoms with Crippen LogP contribution in [-0.2, 0) is 13.5 Å². The summed E-state index contributed by atoms with van der Waals surface area (Å²) in [6, 6.07) is 0. The lowest BCUT2D eigenvalue weighted by molar-refractivity contribution is 0.255. The first kappa shape index (κ1) is 11.7. The van der Waals surface area contributed by atoms with Gasteiger partial charge in [-0.2, -0.15) is 0 Å². The highest BCUT2D eigenvalue weighted by Crippen LogP contribution is 2.32. The maximum Gasteiger partial charge on any atom is 0.0832 e. The Bertz CT molecular complexity index is 295. The van der Waals surface area contributed by atoms with Gasteiger partial charge >= 0.3 is 0 Å². The summed E-state index contributed by atoms with van der Waals surface area (Å²) in [7, 11) is 1.90. The molecule has 80 valence electrons. The van der Waals surface area contributed by atoms with Crippen LogP contribution in [0.15, 0.2) is 6.20 Å². The second-order valence-electron chi connectivity index (χ2n) is 4.50. The summed E-state index contributed by atoms with van der Waals surface area (Å²) in [5.41, 5.74) is 1.33. The van der Waals surface area contributed by atoms with Crippen molar-refractivity contribution in [1.29, 1.82) is 0 Å². The van der Waals surface area contributed by atoms with Crippen LogP contribution in [-0.4, -0.2) is 20.3 Å². The average molecular weight is 260 g/mol. The van der Waals surface area contributed by atoms with Gasteiger partial charge in [0, 0.05) is 18.6 Å². The maximum absolute atomic E-state index is 4.12. The van der Waals surface area contributed by atoms with E-state index in [0.29, 0.717) is 5.92 Å². The quantitative estimate of drug-likeness (QED) is 0.778. The van der Waals surface area contributed by atoms with Gasteiger partial charge in [-0.25, -0.2) is 0 Å². The van der Waals surface area contributed by atoms with Gasteiger partial charge in [0.05, 0.1) is 5.69 Å². The minimum Gasteiger partial charge on any atom is -0.255 e. The third-order valence-electron chi connectivity index (χ3n) is 2.93. The first-order valence-electron chi connectivity index (χ1n) is 4.89. The van der Waals surface area contributed by atoms with Gasteiger partial charge < -0.3 is 0 Å². The molecule has 0 saturated carbocycles. The fraction of sp³-hybridized carbons (Fsp3) is 0.800. The summed E-state index contributed by atoms with van der Waals surface area (Å²) in [6.07, 6.45) is 2.97. The number of hydrogen-bond acceptors (Lipinski definition) is 2. The Morgan fingerprint density at radius 1 is 1.57 bits per heavy atom. The molecule has 1 atom stereocenters. The number of rotatable bonds is 4. The minimum atomic E-state index is 0.260. The highest BCUT2D eigenvalue weighted by Gasteiger charge is 2.28. The van der Waals surface area contributed by atoms with Gasteiger partial charge in [-0.3, -0.25) is 4.68 Å². The van der Waals surface area contributed by atoms with E-state index in [-0.39, 0.29) is 5.41 Å². The zero-order valence-electron chi connectivity index (χ0n) is 9.29. The molecule has 1 aromatic heterocycles. The summed E-state index contributed by atoms with van der Waals surface area (Å²) < 4.78 is 1.75. The van der Waals surface area contributed by atoms with Crippen LogP contribution in [0.2, 0.25) is 0 Å². The molecule has 1 unspecified atom stereocenters. The Kier molecular flexibility index (Phi) is 3.70. The highest BCUT2D eigenvalue weighted by molar-refractivity contribution is 9.09. The van der Waals surface area contributed by atoms with Gasteiger partial charge in [0.2, 0.25) is 0 Å². The van der Waals surface area contributed by atoms with Crippen LogP contribution < -0.4 is 0 Å². The van der Waals surface area contributed by atoms with Crippen molar-refractivity contribution in [2.45, 2.75) is 27.2 Å². The van der Waals surface area contributed by atoms with Crippen molar-refractivity contribution < 1.29 is 0 Å². The lowest BCUT2D eigenvalue weighted by Gasteiger charge is -2.30. The number of hydrogen-bond donors (Lipinski definition) is 0. The topological polar surface area (TPSA) is 30.7 Å². The van der Waals surface area contributed by atoms with Crippen LogP contribution in [0.3, 0.4) is 0 Å². The summed E-state index contributed by atoms with van der Waals surface area (Å²) in [5.74, 6) is 0.629. The summed E-state index contributed by atoms with van der Waals surface area (Å²) in [5, 5.41) is 9.06. The summed E-state index contributed by atoms with van der Waals surface area (Å²) >= 11 is 3.58. The molecule has 0 radical (unpaired) electrons. The van der Waals surface area contributed by atoms with Crippen LogP contribution in [0.5, 0.6) is 0 Å². The van der Waals surface area contributed by atoms with Gasteiger partial charge in [-0.1, -0.05) is 41.9 Å². The Balaban J connectivity index is 2.75. The molecule has 0 aliphatic heterocycles. The van der Waals surface area contributed by atoms with Gasteiger partial charge in [-0.05, 0) is 17.8 Å². The van der Waals surface area contributed by atoms with Crippen molar-refractivity contribution in [3.63, 3.8) is 0 Å². The zero-order chi connectivity index (χ0) is 10.8. The number of nitrogens with zero attached hydrogens (tertiary/aromatic N) is 3. The zero-order valence-corrected chi connectivity index (χ0v) is 10.9. The van der Waals surface area contributed by atoms with E-state index >= 15 is 0 Å². The molecule has 3 nitrogen and oxygen atoms in total. The number of aryl methyl sites for hydroxylation is 1. The van der Waals surface area contributed by atoms with Crippen LogP contribution in [0, 0.1) is 11.3 Å². The van der Waals surface area contributed by atoms with E-state index in [2.05, 4.69) is 47.0 Å². The second-order valence-corrected chi connectivity index (χ2v) is 5.06. The first-order chi connectivity index (χ1) is 6.48. The van der Waals surface area contributed by atoms with E-state index in [4.69, 9.17) is 0 Å². The smallest absolute Gasteiger partial charge is 0.0832 e. The van der Waals surface area contributed by atoms with Crippen molar-refractivity contribution >= 4 is 15.9 Å². The Hall–Kier alpha value is -0.380. The average Bonchev–Trinajstić information content (AvgIpc) is 2.50. The second kappa shape index (κ2) is 4.43. The molecule has 0 aromatic carbocycles. The van der Waals surface area contributed by atoms with E-state index in [9.17, 15) is 0 Å². The fourth-order valence-corrected chi connectivity index (χ4v) is 2.14. The molecule has 0 aliphatic rings. The van der Waals surface area contributed by atoms with E-state index in [0.717, 1.165) is 17.4 Å². The standard InChI is InChI=1S/C10H18BrN3/c1-8(2)10(3,7-11)5-9-6-14(4)13-12-9/h6,8H,5,7H2,1-4H3. The largest absolute Gasteiger partial charge is 0.255 e. The summed E-state index contributed by atoms with van der Waals surface area (Å²) in [6.45, 7) is 6.77. The van der Waals surface area contributed by atoms with Crippen molar-refractivity contribution in [3.8, 4) is 0 Å². The van der Waals surface area contributed by atoms with Gasteiger partial charge in [0.15, 0.2) is 0 Å². The molecule has 4 heteroatoms. The lowest BCUT2D eigenvalue weighted by Crippen LogP contribution is -2.28. The summed E-state index contributed by atoms with van der Waals surface area (Å²) in [4.78, 5) is 0. The van der Waals surface area contributed by atoms with Crippen molar-refractivity contribution in [1.82, 2.24) is 15.0 Å². The van der Waals surface area contributed by atoms with E-state index in [1.165, 1.54) is 0 Å². The number of alkyl halides is 1. The third-order valence-corrected chi connectivity index (χ3v) is 4.22. The lowest BCUT2D eigenvalue weighted by atomic mass is 9.77. The highest BCUT2D eigenvalue weighted by atomic mass is 79.9. The molecule has 0 aliphatic carbocycles. The Labute approximate surface area is 94.0 Å². The van der Waals surface area contributed by atoms with Gasteiger partial charge in [0.25, 0.3) is 0 Å². The Morgan fingerprint density at radius 2 is 2.21 bits per heavy atom. The molecule has 0 fully saturated rings. The number of halogens is 1. The van der Waals surface area contributed by atoms with Crippen LogP contribution in [0.25, 0.3) is 0 Å². The molecule has 0 bridgehead atoms. The number of aromatic nitrogens is 3. The fourth-order valence-electron chi connectivity index (χ4n) is 1.30. The maximum atomic E-state index is 4.12. The van der Waals surface area contributed by atoms with E-state index in [1.54, 1.807) is 4.68 Å². The molecular weight excluding hydrogens is 242 g/mol. The molecule has 14 heavy (non-hydrogen) atoms. The molecule has 0 spiro atoms. The molecule has 1 heterocycles. The molecule has 0 amide bonds. The molecule has 0 saturated heterocycles. The predicted molar refractivity (Wildman–Crippen MR) is 61.4 cm³/mol. The monoisotopic (exact) mass is 259 g/mol. The van der Waals surface area contributed by atoms with Crippen molar-refractivity contribution in [2.24, 2.45) is 18.4 Å². The molecule has 1 rings (SSSR count). The van der Waals surface area contributed by atoms with Crippen LogP contribution in [0.1, 0.15) is 26.5 Å². The first-order valence-corrected chi connectivity index (χ1v) is 6.01. The molecule has 1 aromatic rings. The van der Waals surface area contributed by atoms with E-state index in [1.807, 2.05) is 13.2 Å². The van der Waals surface area contributed by atoms with Gasteiger partial charge in [-0.15, -0.1) is 5.10 Å². The molecular formula is C10H18BrN3. The van der Waals surface area contributed by atoms with Crippen molar-refractivity contribution in [2.75, 3.05) is 5.33 Å². The van der Waals surface area contributed by atoms with Gasteiger partial charge in [0.1, 0.15) is 0 Å². The van der Waals surface area contributed by atoms with Crippen LogP contribution in [0.4, 0.5) is 0 Å². The molecule has 0 N–H and O–H groups in total. The Morgan fingerprint density at radius 3 is 2.57 bits per heavy atom. The normalized spacial score (nSPS) is 15.9. The SMILES string of the molecule is CC(C)C(C)(CBr)Cc1cn(C)nn1. The third kappa shape index (κ3) is 2.56.